The van der Waals surface area contributed by atoms with Crippen LogP contribution in [-0.2, 0) is 0 Å². The molecule has 23 saturated carbocycles. The Morgan fingerprint density at radius 2 is 0.275 bits per heavy atom. The van der Waals surface area contributed by atoms with Gasteiger partial charge in [0.25, 0.3) is 0 Å². The Balaban J connectivity index is 0.000000113. The second kappa shape index (κ2) is 49.4. The first-order valence-corrected chi connectivity index (χ1v) is 50.6. The molecule has 0 aromatic heterocycles. The fraction of sp³-hybridized carbons (Fsp3) is 1.00. The summed E-state index contributed by atoms with van der Waals surface area (Å²) in [5.74, 6) is 21.1. The van der Waals surface area contributed by atoms with Crippen LogP contribution in [0, 0.1) is 112 Å². The van der Waals surface area contributed by atoms with Crippen LogP contribution in [-0.4, -0.2) is 0 Å². The van der Waals surface area contributed by atoms with E-state index in [4.69, 9.17) is 0 Å². The van der Waals surface area contributed by atoms with E-state index >= 15 is 0 Å². The highest BCUT2D eigenvalue weighted by atomic mass is 14.5. The fourth-order valence-corrected chi connectivity index (χ4v) is 28.0. The third kappa shape index (κ3) is 30.2. The van der Waals surface area contributed by atoms with E-state index < -0.39 is 0 Å². The van der Waals surface area contributed by atoms with E-state index in [1.165, 1.54) is 285 Å². The van der Waals surface area contributed by atoms with Crippen LogP contribution in [0.3, 0.4) is 0 Å². The van der Waals surface area contributed by atoms with Gasteiger partial charge in [0.2, 0.25) is 0 Å². The average Bonchev–Trinajstić information content (AvgIpc) is 1.36. The van der Waals surface area contributed by atoms with E-state index in [1.807, 2.05) is 0 Å². The van der Waals surface area contributed by atoms with Crippen molar-refractivity contribution in [3.63, 3.8) is 0 Å². The molecule has 0 amide bonds. The summed E-state index contributed by atoms with van der Waals surface area (Å²) in [6.45, 7) is 0. The Labute approximate surface area is 641 Å². The van der Waals surface area contributed by atoms with Crippen LogP contribution in [0.4, 0.5) is 0 Å². The van der Waals surface area contributed by atoms with Crippen molar-refractivity contribution in [3.05, 3.63) is 0 Å². The van der Waals surface area contributed by atoms with Crippen LogP contribution >= 0.6 is 0 Å². The van der Waals surface area contributed by atoms with Crippen molar-refractivity contribution in [1.29, 1.82) is 0 Å². The standard InChI is InChI=1S/C14H24.C13H22.C11H20.C10H18.2C8H14.C8H16.C7H12.C7H14.C6H12.C5H8.C5H10/c1-2-6-12-10-14-8-4-3-7-13(14)9-11(12)5-1;1-4-10-6-2-8-12-9-3-7-11(5-1)13(10)12;1-3-7-11(8-4-1)9-5-2-6-10-11;1-2-6-10-8-4-3-7-9(10)5-1;1-3-7-5-2-6-8(7)4-1;1-2-8-5-3-7(1)4-6-8;1-2-4-6-8-7-5-3-1;1-2-7-4-3-6(1)5-7;1-2-4-6-7-5-3-1;1-2-4-6-5-3-1;1-2-5-3-4(1)5;1-2-4-5-3-1/h11-14H,1-10H2;10-13H,1-9H2;1-10H2;9-10H,1-8H2;2*7-8H,1-6H2;1-8H2;6-7H,1-5H2;1-7H2;1-6H2;4-5H,1-3H2;1-5H2. The minimum Gasteiger partial charge on any atom is -0.0533 e. The molecule has 592 valence electrons. The van der Waals surface area contributed by atoms with Crippen LogP contribution in [0.2, 0.25) is 0 Å². The molecule has 23 fully saturated rings. The largest absolute Gasteiger partial charge is 0.0533 e. The molecule has 0 aromatic rings. The van der Waals surface area contributed by atoms with E-state index in [2.05, 4.69) is 0 Å². The molecule has 0 radical (unpaired) electrons. The van der Waals surface area contributed by atoms with Crippen LogP contribution in [0.5, 0.6) is 0 Å². The molecular weight excluding hydrogens is 1230 g/mol. The first-order chi connectivity index (χ1) is 50.6. The highest BCUT2D eigenvalue weighted by Gasteiger charge is 2.45. The minimum atomic E-state index is 0.858. The Kier molecular flexibility index (Phi) is 40.2. The molecule has 4 bridgehead atoms. The number of hydrogen-bond donors (Lipinski definition) is 0. The van der Waals surface area contributed by atoms with Crippen LogP contribution in [0.25, 0.3) is 0 Å². The molecule has 0 aromatic carbocycles. The van der Waals surface area contributed by atoms with Gasteiger partial charge in [0.15, 0.2) is 0 Å². The lowest BCUT2D eigenvalue weighted by molar-refractivity contribution is 0.0123. The monoisotopic (exact) mass is 1410 g/mol. The number of fused-ring (bicyclic) bond motifs is 10. The topological polar surface area (TPSA) is 0 Å². The lowest BCUT2D eigenvalue weighted by Crippen LogP contribution is -2.39. The van der Waals surface area contributed by atoms with E-state index in [1.54, 1.807) is 289 Å². The number of rotatable bonds is 0. The highest BCUT2D eigenvalue weighted by Crippen LogP contribution is 2.56. The molecule has 0 nitrogen and oxygen atoms in total. The van der Waals surface area contributed by atoms with Crippen LogP contribution in [0.15, 0.2) is 0 Å². The van der Waals surface area contributed by atoms with Crippen molar-refractivity contribution in [2.24, 2.45) is 112 Å². The first-order valence-electron chi connectivity index (χ1n) is 50.6. The van der Waals surface area contributed by atoms with Gasteiger partial charge < -0.3 is 0 Å². The first kappa shape index (κ1) is 82.9. The summed E-state index contributed by atoms with van der Waals surface area (Å²) in [7, 11) is 0. The van der Waals surface area contributed by atoms with Crippen LogP contribution < -0.4 is 0 Å². The summed E-state index contributed by atoms with van der Waals surface area (Å²) in [4.78, 5) is 0. The van der Waals surface area contributed by atoms with Gasteiger partial charge in [-0.3, -0.25) is 0 Å². The average molecular weight is 1410 g/mol. The van der Waals surface area contributed by atoms with Crippen molar-refractivity contribution >= 4 is 0 Å². The summed E-state index contributed by atoms with van der Waals surface area (Å²) in [6.07, 6.45) is 128. The van der Waals surface area contributed by atoms with Crippen molar-refractivity contribution in [2.45, 2.75) is 533 Å². The quantitative estimate of drug-likeness (QED) is 0.212. The molecule has 6 unspecified atom stereocenters. The summed E-state index contributed by atoms with van der Waals surface area (Å²) in [5, 5.41) is 0. The zero-order valence-electron chi connectivity index (χ0n) is 69.6. The van der Waals surface area contributed by atoms with Gasteiger partial charge in [-0.25, -0.2) is 0 Å². The van der Waals surface area contributed by atoms with Gasteiger partial charge in [-0.15, -0.1) is 0 Å². The van der Waals surface area contributed by atoms with Gasteiger partial charge in [0.1, 0.15) is 0 Å². The summed E-state index contributed by atoms with van der Waals surface area (Å²) >= 11 is 0. The second-order valence-electron chi connectivity index (χ2n) is 41.9. The third-order valence-electron chi connectivity index (χ3n) is 34.7. The Morgan fingerprint density at radius 3 is 0.451 bits per heavy atom. The maximum Gasteiger partial charge on any atom is -0.0297 e. The van der Waals surface area contributed by atoms with E-state index in [0.29, 0.717) is 0 Å². The molecule has 0 saturated heterocycles. The predicted octanol–water partition coefficient (Wildman–Crippen LogP) is 34.6. The van der Waals surface area contributed by atoms with Crippen molar-refractivity contribution in [3.8, 4) is 0 Å². The SMILES string of the molecule is C1CC2CC12.C1CC2CCC1C2.C1CC2CCC1CC2.C1CC2CCCC2C1.C1CC2CCCC3CCCC(C1)C23.C1CCC2(CC1)CCCCC2.C1CCC2CC3CCCCC3CC2C1.C1CCC2CCCCC2C1.C1CCCC1.C1CCCCC1.C1CCCCCC1.C1CCCCCCC1. The van der Waals surface area contributed by atoms with Crippen LogP contribution in [0.1, 0.15) is 533 Å². The zero-order chi connectivity index (χ0) is 69.6. The van der Waals surface area contributed by atoms with E-state index in [-0.39, 0.29) is 0 Å². The second-order valence-corrected chi connectivity index (χ2v) is 41.9. The smallest absolute Gasteiger partial charge is 0.0297 e. The maximum atomic E-state index is 1.62. The number of hydrogen-bond acceptors (Lipinski definition) is 0. The molecule has 102 heavy (non-hydrogen) atoms. The van der Waals surface area contributed by atoms with Gasteiger partial charge >= 0.3 is 0 Å². The lowest BCUT2D eigenvalue weighted by atomic mass is 9.56. The molecule has 0 aliphatic heterocycles. The van der Waals surface area contributed by atoms with Crippen molar-refractivity contribution in [2.75, 3.05) is 0 Å². The molecule has 6 atom stereocenters. The Hall–Kier alpha value is 0. The van der Waals surface area contributed by atoms with Crippen molar-refractivity contribution < 1.29 is 0 Å². The third-order valence-corrected chi connectivity index (χ3v) is 34.7. The molecule has 0 heteroatoms. The maximum absolute atomic E-state index is 1.62. The predicted molar refractivity (Wildman–Crippen MR) is 448 cm³/mol. The van der Waals surface area contributed by atoms with Gasteiger partial charge in [0.05, 0.1) is 0 Å². The van der Waals surface area contributed by atoms with E-state index in [0.717, 1.165) is 70.5 Å². The molecule has 23 rings (SSSR count). The highest BCUT2D eigenvalue weighted by molar-refractivity contribution is 4.96. The van der Waals surface area contributed by atoms with Gasteiger partial charge in [-0.2, -0.15) is 0 Å². The molecule has 1 spiro atoms. The molecule has 23 aliphatic carbocycles. The Bertz CT molecular complexity index is 1750. The van der Waals surface area contributed by atoms with Gasteiger partial charge in [0, 0.05) is 0 Å². The molecular formula is C102H184. The summed E-state index contributed by atoms with van der Waals surface area (Å²) in [5.41, 5.74) is 0.858. The lowest BCUT2D eigenvalue weighted by Gasteiger charge is -2.49. The molecule has 0 heterocycles. The molecule has 0 N–H and O–H groups in total. The zero-order valence-corrected chi connectivity index (χ0v) is 69.6. The minimum absolute atomic E-state index is 0.858. The normalized spacial score (nSPS) is 39.5. The van der Waals surface area contributed by atoms with Crippen molar-refractivity contribution in [1.82, 2.24) is 0 Å². The summed E-state index contributed by atoms with van der Waals surface area (Å²) < 4.78 is 0. The Morgan fingerprint density at radius 1 is 0.108 bits per heavy atom. The van der Waals surface area contributed by atoms with Gasteiger partial charge in [-0.05, 0) is 176 Å². The fourth-order valence-electron chi connectivity index (χ4n) is 28.0. The molecule has 23 aliphatic rings. The van der Waals surface area contributed by atoms with E-state index in [9.17, 15) is 0 Å². The van der Waals surface area contributed by atoms with Gasteiger partial charge in [-0.1, -0.05) is 469 Å². The summed E-state index contributed by atoms with van der Waals surface area (Å²) in [6, 6.07) is 0.